The maximum Gasteiger partial charge on any atom is 0.0437 e. The Bertz CT molecular complexity index is 214. The molecule has 0 N–H and O–H groups in total. The van der Waals surface area contributed by atoms with Crippen LogP contribution >= 0.6 is 0 Å². The van der Waals surface area contributed by atoms with Crippen LogP contribution in [0.5, 0.6) is 0 Å². The fraction of sp³-hybridized carbons (Fsp3) is 1.00. The van der Waals surface area contributed by atoms with Gasteiger partial charge in [0, 0.05) is 11.1 Å². The lowest BCUT2D eigenvalue weighted by Gasteiger charge is -2.66. The maximum atomic E-state index is 2.50. The molecule has 0 heterocycles. The summed E-state index contributed by atoms with van der Waals surface area (Å²) in [5, 5.41) is 0. The van der Waals surface area contributed by atoms with Gasteiger partial charge in [0.25, 0.3) is 0 Å². The predicted molar refractivity (Wildman–Crippen MR) is 92.2 cm³/mol. The molecule has 0 spiro atoms. The van der Waals surface area contributed by atoms with Crippen molar-refractivity contribution in [2.45, 2.75) is 66.5 Å². The van der Waals surface area contributed by atoms with E-state index in [0.29, 0.717) is 23.7 Å². The second kappa shape index (κ2) is 6.79. The molecular weight excluding hydrogens is 244 g/mol. The molecule has 0 aliphatic carbocycles. The van der Waals surface area contributed by atoms with Gasteiger partial charge in [-0.2, -0.15) is 0 Å². The zero-order valence-corrected chi connectivity index (χ0v) is 16.2. The second-order valence-corrected chi connectivity index (χ2v) is 8.06. The Hall–Kier alpha value is -0.0800. The van der Waals surface area contributed by atoms with E-state index in [0.717, 1.165) is 0 Å². The Balaban J connectivity index is 6.58. The summed E-state index contributed by atoms with van der Waals surface area (Å²) in [6.07, 6.45) is 0. The Morgan fingerprint density at radius 2 is 0.600 bits per heavy atom. The normalized spacial score (nSPS) is 14.7. The van der Waals surface area contributed by atoms with Crippen molar-refractivity contribution in [2.24, 2.45) is 23.7 Å². The lowest BCUT2D eigenvalue weighted by atomic mass is 9.54. The fourth-order valence-electron chi connectivity index (χ4n) is 5.97. The molecule has 0 saturated carbocycles. The molecule has 0 bridgehead atoms. The van der Waals surface area contributed by atoms with Crippen molar-refractivity contribution < 1.29 is 0 Å². The lowest BCUT2D eigenvalue weighted by molar-refractivity contribution is -0.141. The highest BCUT2D eigenvalue weighted by atomic mass is 15.3. The Kier molecular flexibility index (Phi) is 6.76. The van der Waals surface area contributed by atoms with E-state index in [1.54, 1.807) is 0 Å². The predicted octanol–water partition coefficient (Wildman–Crippen LogP) is 4.21. The average molecular weight is 285 g/mol. The first-order valence-corrected chi connectivity index (χ1v) is 8.26. The molecule has 122 valence electrons. The van der Waals surface area contributed by atoms with Gasteiger partial charge in [0.15, 0.2) is 0 Å². The monoisotopic (exact) mass is 284 g/mol. The van der Waals surface area contributed by atoms with Crippen LogP contribution in [0.1, 0.15) is 55.4 Å². The minimum atomic E-state index is 0.138. The van der Waals surface area contributed by atoms with Gasteiger partial charge >= 0.3 is 0 Å². The highest BCUT2D eigenvalue weighted by Gasteiger charge is 2.60. The molecular formula is C18H40N2. The van der Waals surface area contributed by atoms with E-state index in [1.807, 2.05) is 0 Å². The van der Waals surface area contributed by atoms with Crippen LogP contribution < -0.4 is 0 Å². The minimum Gasteiger partial charge on any atom is -0.301 e. The van der Waals surface area contributed by atoms with Gasteiger partial charge in [0.1, 0.15) is 0 Å². The molecule has 0 aromatic rings. The smallest absolute Gasteiger partial charge is 0.0437 e. The van der Waals surface area contributed by atoms with Crippen LogP contribution in [-0.2, 0) is 0 Å². The Labute approximate surface area is 128 Å². The van der Waals surface area contributed by atoms with Crippen LogP contribution in [0.15, 0.2) is 0 Å². The van der Waals surface area contributed by atoms with Crippen LogP contribution in [0.25, 0.3) is 0 Å². The summed E-state index contributed by atoms with van der Waals surface area (Å²) >= 11 is 0. The molecule has 0 fully saturated rings. The van der Waals surface area contributed by atoms with E-state index >= 15 is 0 Å². The standard InChI is InChI=1S/C18H40N2/c1-13(2)17(14(3)4,19(9)10)18(15(5)6,16(7)8)20(11)12/h13-16H,1-12H3. The average Bonchev–Trinajstić information content (AvgIpc) is 2.21. The van der Waals surface area contributed by atoms with Crippen LogP contribution in [0.2, 0.25) is 0 Å². The van der Waals surface area contributed by atoms with Crippen LogP contribution in [0.3, 0.4) is 0 Å². The van der Waals surface area contributed by atoms with Gasteiger partial charge in [-0.05, 0) is 51.9 Å². The molecule has 2 nitrogen and oxygen atoms in total. The molecule has 0 aliphatic rings. The number of likely N-dealkylation sites (N-methyl/N-ethyl adjacent to an activating group) is 2. The summed E-state index contributed by atoms with van der Waals surface area (Å²) in [6.45, 7) is 19.1. The van der Waals surface area contributed by atoms with Gasteiger partial charge in [-0.25, -0.2) is 0 Å². The topological polar surface area (TPSA) is 6.48 Å². The number of hydrogen-bond donors (Lipinski definition) is 0. The molecule has 0 rings (SSSR count). The van der Waals surface area contributed by atoms with Gasteiger partial charge in [-0.3, -0.25) is 0 Å². The molecule has 20 heavy (non-hydrogen) atoms. The van der Waals surface area contributed by atoms with Crippen molar-refractivity contribution in [3.8, 4) is 0 Å². The van der Waals surface area contributed by atoms with E-state index < -0.39 is 0 Å². The largest absolute Gasteiger partial charge is 0.301 e. The molecule has 0 aromatic heterocycles. The van der Waals surface area contributed by atoms with Gasteiger partial charge in [0.05, 0.1) is 0 Å². The Morgan fingerprint density at radius 3 is 0.650 bits per heavy atom. The highest BCUT2D eigenvalue weighted by Crippen LogP contribution is 2.51. The van der Waals surface area contributed by atoms with Crippen molar-refractivity contribution in [3.63, 3.8) is 0 Å². The highest BCUT2D eigenvalue weighted by molar-refractivity contribution is 5.16. The zero-order valence-electron chi connectivity index (χ0n) is 16.2. The summed E-state index contributed by atoms with van der Waals surface area (Å²) in [5.41, 5.74) is 0.275. The third-order valence-corrected chi connectivity index (χ3v) is 5.64. The van der Waals surface area contributed by atoms with Crippen molar-refractivity contribution in [3.05, 3.63) is 0 Å². The molecule has 0 radical (unpaired) electrons. The minimum absolute atomic E-state index is 0.138. The van der Waals surface area contributed by atoms with E-state index in [4.69, 9.17) is 0 Å². The lowest BCUT2D eigenvalue weighted by Crippen LogP contribution is -2.76. The molecule has 0 atom stereocenters. The van der Waals surface area contributed by atoms with Crippen LogP contribution in [0, 0.1) is 23.7 Å². The first-order chi connectivity index (χ1) is 8.91. The first kappa shape index (κ1) is 19.9. The SMILES string of the molecule is CC(C)C(C(C)C)(N(C)C)C(C(C)C)(C(C)C)N(C)C. The maximum absolute atomic E-state index is 2.50. The molecule has 0 amide bonds. The first-order valence-electron chi connectivity index (χ1n) is 8.26. The molecule has 2 heteroatoms. The number of hydrogen-bond acceptors (Lipinski definition) is 2. The summed E-state index contributed by atoms with van der Waals surface area (Å²) < 4.78 is 0. The summed E-state index contributed by atoms with van der Waals surface area (Å²) in [4.78, 5) is 5.00. The molecule has 0 aromatic carbocycles. The van der Waals surface area contributed by atoms with Gasteiger partial charge in [0.2, 0.25) is 0 Å². The summed E-state index contributed by atoms with van der Waals surface area (Å²) in [5.74, 6) is 2.35. The van der Waals surface area contributed by atoms with E-state index in [1.165, 1.54) is 0 Å². The third-order valence-electron chi connectivity index (χ3n) is 5.64. The fourth-order valence-corrected chi connectivity index (χ4v) is 5.97. The third kappa shape index (κ3) is 2.54. The molecule has 0 saturated heterocycles. The van der Waals surface area contributed by atoms with Crippen molar-refractivity contribution in [1.29, 1.82) is 0 Å². The van der Waals surface area contributed by atoms with Crippen molar-refractivity contribution in [1.82, 2.24) is 9.80 Å². The van der Waals surface area contributed by atoms with Gasteiger partial charge in [-0.1, -0.05) is 55.4 Å². The zero-order chi connectivity index (χ0) is 16.5. The van der Waals surface area contributed by atoms with Crippen LogP contribution in [0.4, 0.5) is 0 Å². The van der Waals surface area contributed by atoms with E-state index in [2.05, 4.69) is 93.4 Å². The molecule has 0 aliphatic heterocycles. The van der Waals surface area contributed by atoms with E-state index in [9.17, 15) is 0 Å². The van der Waals surface area contributed by atoms with Crippen LogP contribution in [-0.4, -0.2) is 49.1 Å². The number of rotatable bonds is 7. The quantitative estimate of drug-likeness (QED) is 0.691. The Morgan fingerprint density at radius 1 is 0.450 bits per heavy atom. The summed E-state index contributed by atoms with van der Waals surface area (Å²) in [6, 6.07) is 0. The van der Waals surface area contributed by atoms with E-state index in [-0.39, 0.29) is 11.1 Å². The number of nitrogens with zero attached hydrogens (tertiary/aromatic N) is 2. The summed E-state index contributed by atoms with van der Waals surface area (Å²) in [7, 11) is 9.07. The van der Waals surface area contributed by atoms with Gasteiger partial charge in [-0.15, -0.1) is 0 Å². The molecule has 0 unspecified atom stereocenters. The van der Waals surface area contributed by atoms with Crippen molar-refractivity contribution in [2.75, 3.05) is 28.2 Å². The van der Waals surface area contributed by atoms with Crippen molar-refractivity contribution >= 4 is 0 Å². The second-order valence-electron chi connectivity index (χ2n) is 8.06. The van der Waals surface area contributed by atoms with Gasteiger partial charge < -0.3 is 9.80 Å².